The molecule has 2 aromatic rings. The van der Waals surface area contributed by atoms with Gasteiger partial charge >= 0.3 is 0 Å². The van der Waals surface area contributed by atoms with Crippen LogP contribution >= 0.6 is 0 Å². The van der Waals surface area contributed by atoms with Gasteiger partial charge in [0.2, 0.25) is 0 Å². The second kappa shape index (κ2) is 3.51. The van der Waals surface area contributed by atoms with E-state index in [4.69, 9.17) is 5.73 Å². The average Bonchev–Trinajstić information content (AvgIpc) is 2.53. The molecule has 0 aliphatic heterocycles. The van der Waals surface area contributed by atoms with Gasteiger partial charge in [-0.05, 0) is 26.8 Å². The standard InChI is InChI=1S/C10H14N4O/c1-6-5-9-12-7(2)8(3-4-11)10(15)14(9)13-6/h5,13H,3-4,11H2,1-2H3. The number of hydrogen-bond acceptors (Lipinski definition) is 3. The van der Waals surface area contributed by atoms with Gasteiger partial charge in [0.05, 0.1) is 0 Å². The fourth-order valence-corrected chi connectivity index (χ4v) is 1.72. The number of nitrogens with one attached hydrogen (secondary N) is 1. The van der Waals surface area contributed by atoms with Crippen LogP contribution in [0.25, 0.3) is 5.65 Å². The van der Waals surface area contributed by atoms with E-state index in [1.807, 2.05) is 19.9 Å². The van der Waals surface area contributed by atoms with E-state index < -0.39 is 0 Å². The van der Waals surface area contributed by atoms with E-state index in [0.717, 1.165) is 11.4 Å². The van der Waals surface area contributed by atoms with Crippen LogP contribution in [-0.4, -0.2) is 21.1 Å². The highest BCUT2D eigenvalue weighted by molar-refractivity contribution is 5.41. The predicted octanol–water partition coefficient (Wildman–Crippen LogP) is 0.141. The van der Waals surface area contributed by atoms with Crippen molar-refractivity contribution in [2.45, 2.75) is 20.3 Å². The number of nitrogens with zero attached hydrogens (tertiary/aromatic N) is 2. The first-order chi connectivity index (χ1) is 7.13. The molecule has 0 spiro atoms. The molecule has 0 aliphatic rings. The monoisotopic (exact) mass is 206 g/mol. The second-order valence-electron chi connectivity index (χ2n) is 3.65. The molecule has 3 N–H and O–H groups in total. The molecule has 0 atom stereocenters. The molecule has 0 saturated carbocycles. The maximum Gasteiger partial charge on any atom is 0.276 e. The molecule has 2 rings (SSSR count). The van der Waals surface area contributed by atoms with Crippen LogP contribution < -0.4 is 11.3 Å². The molecular weight excluding hydrogens is 192 g/mol. The maximum atomic E-state index is 12.0. The zero-order valence-electron chi connectivity index (χ0n) is 8.87. The summed E-state index contributed by atoms with van der Waals surface area (Å²) >= 11 is 0. The van der Waals surface area contributed by atoms with Crippen molar-refractivity contribution in [1.29, 1.82) is 0 Å². The highest BCUT2D eigenvalue weighted by Gasteiger charge is 2.09. The number of nitrogens with two attached hydrogens (primary N) is 1. The van der Waals surface area contributed by atoms with Crippen LogP contribution in [0.15, 0.2) is 10.9 Å². The molecule has 2 heterocycles. The lowest BCUT2D eigenvalue weighted by Crippen LogP contribution is -2.23. The molecule has 80 valence electrons. The van der Waals surface area contributed by atoms with E-state index in [2.05, 4.69) is 10.1 Å². The van der Waals surface area contributed by atoms with Gasteiger partial charge < -0.3 is 5.73 Å². The Balaban J connectivity index is 2.77. The van der Waals surface area contributed by atoms with Gasteiger partial charge in [0.15, 0.2) is 5.65 Å². The fourth-order valence-electron chi connectivity index (χ4n) is 1.72. The highest BCUT2D eigenvalue weighted by atomic mass is 16.1. The van der Waals surface area contributed by atoms with Crippen molar-refractivity contribution in [3.63, 3.8) is 0 Å². The summed E-state index contributed by atoms with van der Waals surface area (Å²) in [7, 11) is 0. The Morgan fingerprint density at radius 2 is 2.27 bits per heavy atom. The number of rotatable bonds is 2. The van der Waals surface area contributed by atoms with Gasteiger partial charge in [0.25, 0.3) is 5.56 Å². The van der Waals surface area contributed by atoms with E-state index in [-0.39, 0.29) is 5.56 Å². The fraction of sp³-hybridized carbons (Fsp3) is 0.400. The Hall–Kier alpha value is -1.62. The van der Waals surface area contributed by atoms with E-state index in [1.54, 1.807) is 0 Å². The van der Waals surface area contributed by atoms with Crippen molar-refractivity contribution in [3.8, 4) is 0 Å². The van der Waals surface area contributed by atoms with Gasteiger partial charge in [-0.25, -0.2) is 9.50 Å². The number of fused-ring (bicyclic) bond motifs is 1. The lowest BCUT2D eigenvalue weighted by atomic mass is 10.2. The molecule has 0 saturated heterocycles. The predicted molar refractivity (Wildman–Crippen MR) is 58.0 cm³/mol. The zero-order chi connectivity index (χ0) is 11.0. The van der Waals surface area contributed by atoms with E-state index >= 15 is 0 Å². The minimum Gasteiger partial charge on any atom is -0.330 e. The molecule has 0 radical (unpaired) electrons. The first kappa shape index (κ1) is 9.92. The van der Waals surface area contributed by atoms with E-state index in [9.17, 15) is 4.79 Å². The summed E-state index contributed by atoms with van der Waals surface area (Å²) in [6.07, 6.45) is 0.568. The van der Waals surface area contributed by atoms with Crippen molar-refractivity contribution in [1.82, 2.24) is 14.6 Å². The number of H-pyrrole nitrogens is 1. The molecule has 0 aliphatic carbocycles. The van der Waals surface area contributed by atoms with Gasteiger partial charge in [-0.15, -0.1) is 0 Å². The quantitative estimate of drug-likeness (QED) is 0.733. The summed E-state index contributed by atoms with van der Waals surface area (Å²) in [5.74, 6) is 0. The molecule has 0 aromatic carbocycles. The Kier molecular flexibility index (Phi) is 2.32. The number of hydrogen-bond donors (Lipinski definition) is 2. The van der Waals surface area contributed by atoms with Gasteiger partial charge in [0.1, 0.15) is 0 Å². The third kappa shape index (κ3) is 1.55. The van der Waals surface area contributed by atoms with Crippen molar-refractivity contribution in [3.05, 3.63) is 33.4 Å². The topological polar surface area (TPSA) is 76.2 Å². The van der Waals surface area contributed by atoms with Crippen molar-refractivity contribution >= 4 is 5.65 Å². The summed E-state index contributed by atoms with van der Waals surface area (Å²) in [5, 5.41) is 2.95. The number of aromatic nitrogens is 3. The molecule has 2 aromatic heterocycles. The molecule has 0 bridgehead atoms. The minimum absolute atomic E-state index is 0.0453. The third-order valence-electron chi connectivity index (χ3n) is 2.44. The Labute approximate surface area is 86.9 Å². The molecule has 0 amide bonds. The second-order valence-corrected chi connectivity index (χ2v) is 3.65. The largest absolute Gasteiger partial charge is 0.330 e. The van der Waals surface area contributed by atoms with Crippen molar-refractivity contribution < 1.29 is 0 Å². The summed E-state index contributed by atoms with van der Waals surface area (Å²) in [6.45, 7) is 4.20. The Morgan fingerprint density at radius 3 is 2.93 bits per heavy atom. The van der Waals surface area contributed by atoms with E-state index in [1.165, 1.54) is 4.52 Å². The third-order valence-corrected chi connectivity index (χ3v) is 2.44. The van der Waals surface area contributed by atoms with Crippen molar-refractivity contribution in [2.24, 2.45) is 5.73 Å². The van der Waals surface area contributed by atoms with Crippen LogP contribution in [0.2, 0.25) is 0 Å². The zero-order valence-corrected chi connectivity index (χ0v) is 8.87. The van der Waals surface area contributed by atoms with Crippen LogP contribution in [0, 0.1) is 13.8 Å². The first-order valence-corrected chi connectivity index (χ1v) is 4.91. The normalized spacial score (nSPS) is 11.1. The van der Waals surface area contributed by atoms with E-state index in [0.29, 0.717) is 24.2 Å². The molecular formula is C10H14N4O. The molecule has 0 fully saturated rings. The summed E-state index contributed by atoms with van der Waals surface area (Å²) in [5.41, 5.74) is 8.46. The minimum atomic E-state index is -0.0453. The highest BCUT2D eigenvalue weighted by Crippen LogP contribution is 2.05. The van der Waals surface area contributed by atoms with Crippen LogP contribution in [0.3, 0.4) is 0 Å². The van der Waals surface area contributed by atoms with Gasteiger partial charge in [-0.3, -0.25) is 9.89 Å². The van der Waals surface area contributed by atoms with Crippen LogP contribution in [0.4, 0.5) is 0 Å². The SMILES string of the molecule is Cc1cc2nc(C)c(CCN)c(=O)n2[nH]1. The summed E-state index contributed by atoms with van der Waals surface area (Å²) < 4.78 is 1.47. The molecule has 0 unspecified atom stereocenters. The van der Waals surface area contributed by atoms with Gasteiger partial charge in [-0.1, -0.05) is 0 Å². The number of aryl methyl sites for hydroxylation is 2. The first-order valence-electron chi connectivity index (χ1n) is 4.91. The van der Waals surface area contributed by atoms with Crippen LogP contribution in [-0.2, 0) is 6.42 Å². The molecule has 15 heavy (non-hydrogen) atoms. The molecule has 5 nitrogen and oxygen atoms in total. The summed E-state index contributed by atoms with van der Waals surface area (Å²) in [6, 6.07) is 1.85. The average molecular weight is 206 g/mol. The van der Waals surface area contributed by atoms with Crippen LogP contribution in [0.1, 0.15) is 17.0 Å². The lowest BCUT2D eigenvalue weighted by molar-refractivity contribution is 0.825. The number of aromatic amines is 1. The smallest absolute Gasteiger partial charge is 0.276 e. The molecule has 5 heteroatoms. The Bertz CT molecular complexity index is 552. The van der Waals surface area contributed by atoms with Gasteiger partial charge in [-0.2, -0.15) is 0 Å². The van der Waals surface area contributed by atoms with Crippen LogP contribution in [0.5, 0.6) is 0 Å². The van der Waals surface area contributed by atoms with Crippen molar-refractivity contribution in [2.75, 3.05) is 6.54 Å². The van der Waals surface area contributed by atoms with Gasteiger partial charge in [0, 0.05) is 23.0 Å². The lowest BCUT2D eigenvalue weighted by Gasteiger charge is -2.03. The maximum absolute atomic E-state index is 12.0. The Morgan fingerprint density at radius 1 is 1.53 bits per heavy atom. The summed E-state index contributed by atoms with van der Waals surface area (Å²) in [4.78, 5) is 16.3.